The number of nitrogens with zero attached hydrogens (tertiary/aromatic N) is 4. The maximum atomic E-state index is 12.3. The zero-order valence-corrected chi connectivity index (χ0v) is 24.0. The number of allylic oxidation sites excluding steroid dienone is 4. The number of unbranched alkanes of at least 4 members (excludes halogenated alkanes) is 4. The van der Waals surface area contributed by atoms with Gasteiger partial charge in [-0.25, -0.2) is 10.1 Å². The van der Waals surface area contributed by atoms with E-state index in [2.05, 4.69) is 24.0 Å². The fourth-order valence-corrected chi connectivity index (χ4v) is 5.84. The molecular weight excluding hydrogens is 502 g/mol. The third-order valence-corrected chi connectivity index (χ3v) is 7.43. The van der Waals surface area contributed by atoms with Gasteiger partial charge in [-0.2, -0.15) is 10.5 Å². The second-order valence-corrected chi connectivity index (χ2v) is 12.2. The summed E-state index contributed by atoms with van der Waals surface area (Å²) in [5, 5.41) is 31.5. The number of hydrogen-bond donors (Lipinski definition) is 3. The van der Waals surface area contributed by atoms with Crippen LogP contribution in [0.25, 0.3) is 4.85 Å². The number of hydrogen-bond acceptors (Lipinski definition) is 6. The van der Waals surface area contributed by atoms with Crippen LogP contribution in [0.4, 0.5) is 0 Å². The first kappa shape index (κ1) is 31.9. The number of rotatable bonds is 11. The fourth-order valence-electron chi connectivity index (χ4n) is 5.84. The number of nitrogens with two attached hydrogens (primary N) is 2. The van der Waals surface area contributed by atoms with Crippen LogP contribution in [0.3, 0.4) is 0 Å². The van der Waals surface area contributed by atoms with Crippen molar-refractivity contribution in [3.8, 4) is 18.2 Å². The molecular formula is C31H39N7O2. The molecule has 0 saturated carbocycles. The molecule has 0 bridgehead atoms. The van der Waals surface area contributed by atoms with Gasteiger partial charge in [0.25, 0.3) is 5.70 Å². The van der Waals surface area contributed by atoms with E-state index in [1.165, 1.54) is 0 Å². The Kier molecular flexibility index (Phi) is 10.9. The number of amides is 2. The monoisotopic (exact) mass is 541 g/mol. The molecule has 0 fully saturated rings. The van der Waals surface area contributed by atoms with Crippen molar-refractivity contribution in [3.63, 3.8) is 0 Å². The maximum absolute atomic E-state index is 12.3. The van der Waals surface area contributed by atoms with Gasteiger partial charge in [0, 0.05) is 17.8 Å². The van der Waals surface area contributed by atoms with Gasteiger partial charge in [-0.3, -0.25) is 9.59 Å². The van der Waals surface area contributed by atoms with Crippen molar-refractivity contribution in [2.24, 2.45) is 22.3 Å². The summed E-state index contributed by atoms with van der Waals surface area (Å²) < 4.78 is 0. The quantitative estimate of drug-likeness (QED) is 0.186. The average Bonchev–Trinajstić information content (AvgIpc) is 2.85. The molecule has 2 rings (SSSR count). The molecule has 0 aromatic rings. The minimum absolute atomic E-state index is 0.0388. The molecule has 0 spiro atoms. The summed E-state index contributed by atoms with van der Waals surface area (Å²) in [7, 11) is 0. The maximum Gasteiger partial charge on any atom is 0.265 e. The summed E-state index contributed by atoms with van der Waals surface area (Å²) in [6.45, 7) is 16.2. The Balaban J connectivity index is 2.00. The van der Waals surface area contributed by atoms with Crippen molar-refractivity contribution in [1.82, 2.24) is 5.32 Å². The molecule has 9 nitrogen and oxygen atoms in total. The lowest BCUT2D eigenvalue weighted by atomic mass is 9.69. The first-order valence-corrected chi connectivity index (χ1v) is 13.6. The van der Waals surface area contributed by atoms with E-state index in [0.29, 0.717) is 61.1 Å². The van der Waals surface area contributed by atoms with Crippen molar-refractivity contribution >= 4 is 11.8 Å². The van der Waals surface area contributed by atoms with Gasteiger partial charge in [0.15, 0.2) is 0 Å². The van der Waals surface area contributed by atoms with Crippen molar-refractivity contribution in [2.75, 3.05) is 6.54 Å². The summed E-state index contributed by atoms with van der Waals surface area (Å²) in [5.41, 5.74) is 14.0. The molecule has 2 amide bonds. The van der Waals surface area contributed by atoms with E-state index < -0.39 is 11.8 Å². The molecule has 40 heavy (non-hydrogen) atoms. The second kappa shape index (κ2) is 13.6. The molecule has 2 aliphatic rings. The zero-order chi connectivity index (χ0) is 30.1. The van der Waals surface area contributed by atoms with Crippen molar-refractivity contribution in [1.29, 1.82) is 15.8 Å². The van der Waals surface area contributed by atoms with Crippen LogP contribution >= 0.6 is 0 Å². The van der Waals surface area contributed by atoms with Gasteiger partial charge < -0.3 is 16.8 Å². The van der Waals surface area contributed by atoms with Crippen LogP contribution in [0.2, 0.25) is 0 Å². The Morgan fingerprint density at radius 1 is 0.825 bits per heavy atom. The van der Waals surface area contributed by atoms with Gasteiger partial charge in [-0.15, -0.1) is 0 Å². The highest BCUT2D eigenvalue weighted by Crippen LogP contribution is 2.45. The van der Waals surface area contributed by atoms with Crippen LogP contribution in [-0.2, 0) is 9.59 Å². The minimum atomic E-state index is -0.630. The highest BCUT2D eigenvalue weighted by molar-refractivity contribution is 5.99. The summed E-state index contributed by atoms with van der Waals surface area (Å²) >= 11 is 0. The van der Waals surface area contributed by atoms with Crippen molar-refractivity contribution in [3.05, 3.63) is 56.2 Å². The van der Waals surface area contributed by atoms with E-state index >= 15 is 0 Å². The van der Waals surface area contributed by atoms with E-state index in [4.69, 9.17) is 18.0 Å². The van der Waals surface area contributed by atoms with Gasteiger partial charge in [-0.05, 0) is 66.9 Å². The molecule has 9 heteroatoms. The SMILES string of the molecule is [C-]#[N+]/C(C#N)=C1\CC(C)(C)CC(NCCCCCCCC2=C(C(N)=O)C(=C(C#N)C#N)CC(C)(C)C2)=C1C(N)=O. The van der Waals surface area contributed by atoms with E-state index in [9.17, 15) is 25.4 Å². The average molecular weight is 542 g/mol. The lowest BCUT2D eigenvalue weighted by Gasteiger charge is -2.35. The largest absolute Gasteiger partial charge is 0.388 e. The second-order valence-electron chi connectivity index (χ2n) is 12.2. The van der Waals surface area contributed by atoms with Gasteiger partial charge in [0.1, 0.15) is 17.7 Å². The minimum Gasteiger partial charge on any atom is -0.388 e. The number of carbonyl (C=O) groups excluding carboxylic acids is 2. The summed E-state index contributed by atoms with van der Waals surface area (Å²) in [5.74, 6) is -1.21. The predicted octanol–water partition coefficient (Wildman–Crippen LogP) is 5.12. The van der Waals surface area contributed by atoms with Crippen LogP contribution in [0, 0.1) is 51.4 Å². The Morgan fingerprint density at radius 3 is 1.93 bits per heavy atom. The lowest BCUT2D eigenvalue weighted by Crippen LogP contribution is -2.33. The van der Waals surface area contributed by atoms with Crippen molar-refractivity contribution < 1.29 is 9.59 Å². The molecule has 0 radical (unpaired) electrons. The third kappa shape index (κ3) is 8.08. The summed E-state index contributed by atoms with van der Waals surface area (Å²) in [6, 6.07) is 5.75. The Bertz CT molecular complexity index is 1210. The molecule has 210 valence electrons. The van der Waals surface area contributed by atoms with E-state index in [1.54, 1.807) is 0 Å². The van der Waals surface area contributed by atoms with E-state index in [0.717, 1.165) is 37.7 Å². The van der Waals surface area contributed by atoms with E-state index in [1.807, 2.05) is 32.1 Å². The molecule has 0 aliphatic heterocycles. The molecule has 0 aromatic carbocycles. The fraction of sp³-hybridized carbons (Fsp3) is 0.548. The molecule has 0 saturated heterocycles. The number of nitriles is 3. The smallest absolute Gasteiger partial charge is 0.265 e. The Labute approximate surface area is 237 Å². The Hall–Kier alpha value is -4.34. The number of primary amides is 2. The molecule has 5 N–H and O–H groups in total. The van der Waals surface area contributed by atoms with Crippen LogP contribution in [0.1, 0.15) is 91.9 Å². The van der Waals surface area contributed by atoms with Crippen LogP contribution in [0.5, 0.6) is 0 Å². The topological polar surface area (TPSA) is 174 Å². The van der Waals surface area contributed by atoms with E-state index in [-0.39, 0.29) is 27.7 Å². The van der Waals surface area contributed by atoms with Crippen LogP contribution < -0.4 is 16.8 Å². The molecule has 2 aliphatic carbocycles. The van der Waals surface area contributed by atoms with Crippen LogP contribution in [0.15, 0.2) is 44.8 Å². The van der Waals surface area contributed by atoms with Gasteiger partial charge in [0.2, 0.25) is 11.8 Å². The highest BCUT2D eigenvalue weighted by Gasteiger charge is 2.35. The first-order chi connectivity index (χ1) is 18.8. The first-order valence-electron chi connectivity index (χ1n) is 13.6. The molecule has 0 unspecified atom stereocenters. The summed E-state index contributed by atoms with van der Waals surface area (Å²) in [4.78, 5) is 27.9. The van der Waals surface area contributed by atoms with Gasteiger partial charge >= 0.3 is 0 Å². The predicted molar refractivity (Wildman–Crippen MR) is 152 cm³/mol. The molecule has 0 atom stereocenters. The third-order valence-electron chi connectivity index (χ3n) is 7.43. The number of carbonyl (C=O) groups is 2. The molecule has 0 aromatic heterocycles. The van der Waals surface area contributed by atoms with Crippen LogP contribution in [-0.4, -0.2) is 18.4 Å². The lowest BCUT2D eigenvalue weighted by molar-refractivity contribution is -0.115. The van der Waals surface area contributed by atoms with Crippen molar-refractivity contribution in [2.45, 2.75) is 91.9 Å². The normalized spacial score (nSPS) is 19.1. The summed E-state index contributed by atoms with van der Waals surface area (Å²) in [6.07, 6.45) is 7.52. The standard InChI is InChI=1S/C31H39N7O2/c1-30(2)13-20(26(28(35)39)22(14-30)21(17-32)18-33)11-9-7-6-8-10-12-38-24-16-31(3,4)15-23(25(19-34)37-5)27(24)29(36)40/h38H,6-16H2,1-4H3,(H2,35,39)(H2,36,40)/b25-23+. The number of nitrogens with one attached hydrogen (secondary N) is 1. The highest BCUT2D eigenvalue weighted by atomic mass is 16.1. The van der Waals surface area contributed by atoms with Gasteiger partial charge in [0.05, 0.1) is 18.2 Å². The van der Waals surface area contributed by atoms with Gasteiger partial charge in [-0.1, -0.05) is 52.5 Å². The molecule has 0 heterocycles. The Morgan fingerprint density at radius 2 is 1.38 bits per heavy atom. The zero-order valence-electron chi connectivity index (χ0n) is 24.0.